The molecule has 0 saturated carbocycles. The van der Waals surface area contributed by atoms with E-state index in [1.165, 1.54) is 18.2 Å². The van der Waals surface area contributed by atoms with Crippen molar-refractivity contribution in [2.75, 3.05) is 11.4 Å². The number of benzene rings is 2. The molecule has 2 rings (SSSR count). The summed E-state index contributed by atoms with van der Waals surface area (Å²) in [6, 6.07) is 13.9. The molecule has 0 aliphatic carbocycles. The number of carbonyl (C=O) groups is 1. The van der Waals surface area contributed by atoms with Gasteiger partial charge in [-0.3, -0.25) is 14.9 Å². The number of non-ortho nitro benzene ring substituents is 1. The standard InChI is InChI=1S/C18H18N2O3/c1-3-19(17-10-5-4-7-14(17)2)18(21)12-11-15-8-6-9-16(13-15)20(22)23/h4-13H,3H2,1-2H3/b12-11+. The maximum atomic E-state index is 12.4. The van der Waals surface area contributed by atoms with Crippen molar-refractivity contribution < 1.29 is 9.72 Å². The summed E-state index contributed by atoms with van der Waals surface area (Å²) in [4.78, 5) is 24.4. The van der Waals surface area contributed by atoms with Crippen LogP contribution in [0.4, 0.5) is 11.4 Å². The van der Waals surface area contributed by atoms with Crippen LogP contribution in [-0.2, 0) is 4.79 Å². The molecule has 0 radical (unpaired) electrons. The maximum Gasteiger partial charge on any atom is 0.270 e. The molecule has 0 unspecified atom stereocenters. The normalized spacial score (nSPS) is 10.7. The second-order valence-electron chi connectivity index (χ2n) is 5.05. The third-order valence-electron chi connectivity index (χ3n) is 3.49. The summed E-state index contributed by atoms with van der Waals surface area (Å²) in [5, 5.41) is 10.8. The Bertz CT molecular complexity index is 753. The quantitative estimate of drug-likeness (QED) is 0.477. The van der Waals surface area contributed by atoms with E-state index >= 15 is 0 Å². The number of nitro benzene ring substituents is 1. The summed E-state index contributed by atoms with van der Waals surface area (Å²) in [5.74, 6) is -0.159. The Balaban J connectivity index is 2.21. The Morgan fingerprint density at radius 3 is 2.61 bits per heavy atom. The SMILES string of the molecule is CCN(C(=O)/C=C/c1cccc([N+](=O)[O-])c1)c1ccccc1C. The molecule has 0 aliphatic heterocycles. The Hall–Kier alpha value is -2.95. The predicted octanol–water partition coefficient (Wildman–Crippen LogP) is 3.97. The average molecular weight is 310 g/mol. The van der Waals surface area contributed by atoms with Crippen LogP contribution in [0.15, 0.2) is 54.6 Å². The summed E-state index contributed by atoms with van der Waals surface area (Å²) >= 11 is 0. The molecule has 118 valence electrons. The Labute approximate surface area is 135 Å². The zero-order valence-corrected chi connectivity index (χ0v) is 13.1. The van der Waals surface area contributed by atoms with Gasteiger partial charge in [-0.2, -0.15) is 0 Å². The van der Waals surface area contributed by atoms with Crippen LogP contribution in [-0.4, -0.2) is 17.4 Å². The van der Waals surface area contributed by atoms with Crippen LogP contribution in [0.1, 0.15) is 18.1 Å². The molecule has 0 fully saturated rings. The van der Waals surface area contributed by atoms with E-state index in [1.54, 1.807) is 23.1 Å². The fraction of sp³-hybridized carbons (Fsp3) is 0.167. The molecule has 23 heavy (non-hydrogen) atoms. The van der Waals surface area contributed by atoms with E-state index in [4.69, 9.17) is 0 Å². The number of aryl methyl sites for hydroxylation is 1. The lowest BCUT2D eigenvalue weighted by Crippen LogP contribution is -2.29. The fourth-order valence-electron chi connectivity index (χ4n) is 2.31. The number of hydrogen-bond acceptors (Lipinski definition) is 3. The van der Waals surface area contributed by atoms with E-state index in [9.17, 15) is 14.9 Å². The number of anilines is 1. The van der Waals surface area contributed by atoms with Crippen LogP contribution in [0, 0.1) is 17.0 Å². The second kappa shape index (κ2) is 7.35. The fourth-order valence-corrected chi connectivity index (χ4v) is 2.31. The zero-order valence-electron chi connectivity index (χ0n) is 13.1. The number of rotatable bonds is 5. The Morgan fingerprint density at radius 1 is 1.22 bits per heavy atom. The van der Waals surface area contributed by atoms with Crippen molar-refractivity contribution >= 4 is 23.4 Å². The molecule has 0 bridgehead atoms. The van der Waals surface area contributed by atoms with Crippen molar-refractivity contribution in [3.8, 4) is 0 Å². The van der Waals surface area contributed by atoms with Gasteiger partial charge >= 0.3 is 0 Å². The number of likely N-dealkylation sites (N-methyl/N-ethyl adjacent to an activating group) is 1. The zero-order chi connectivity index (χ0) is 16.8. The third-order valence-corrected chi connectivity index (χ3v) is 3.49. The molecule has 0 spiro atoms. The van der Waals surface area contributed by atoms with E-state index in [0.29, 0.717) is 12.1 Å². The number of nitrogens with zero attached hydrogens (tertiary/aromatic N) is 2. The van der Waals surface area contributed by atoms with Crippen LogP contribution in [0.3, 0.4) is 0 Å². The van der Waals surface area contributed by atoms with Crippen LogP contribution in [0.2, 0.25) is 0 Å². The smallest absolute Gasteiger partial charge is 0.270 e. The highest BCUT2D eigenvalue weighted by molar-refractivity contribution is 6.04. The number of para-hydroxylation sites is 1. The first-order valence-electron chi connectivity index (χ1n) is 7.32. The number of hydrogen-bond donors (Lipinski definition) is 0. The molecule has 0 atom stereocenters. The first-order chi connectivity index (χ1) is 11.0. The number of nitro groups is 1. The van der Waals surface area contributed by atoms with Crippen molar-refractivity contribution in [2.45, 2.75) is 13.8 Å². The molecule has 0 aliphatic rings. The van der Waals surface area contributed by atoms with Gasteiger partial charge in [0.1, 0.15) is 0 Å². The van der Waals surface area contributed by atoms with Gasteiger partial charge in [-0.15, -0.1) is 0 Å². The lowest BCUT2D eigenvalue weighted by atomic mass is 10.1. The van der Waals surface area contributed by atoms with E-state index in [0.717, 1.165) is 11.3 Å². The van der Waals surface area contributed by atoms with Gasteiger partial charge in [-0.25, -0.2) is 0 Å². The van der Waals surface area contributed by atoms with Gasteiger partial charge in [-0.05, 0) is 37.1 Å². The predicted molar refractivity (Wildman–Crippen MR) is 91.3 cm³/mol. The molecular formula is C18H18N2O3. The highest BCUT2D eigenvalue weighted by atomic mass is 16.6. The lowest BCUT2D eigenvalue weighted by molar-refractivity contribution is -0.384. The topological polar surface area (TPSA) is 63.5 Å². The van der Waals surface area contributed by atoms with Gasteiger partial charge in [0, 0.05) is 30.4 Å². The Morgan fingerprint density at radius 2 is 1.96 bits per heavy atom. The molecule has 0 saturated heterocycles. The van der Waals surface area contributed by atoms with Gasteiger partial charge in [-0.1, -0.05) is 30.3 Å². The minimum absolute atomic E-state index is 0.00542. The van der Waals surface area contributed by atoms with Gasteiger partial charge in [0.15, 0.2) is 0 Å². The van der Waals surface area contributed by atoms with Crippen LogP contribution in [0.5, 0.6) is 0 Å². The average Bonchev–Trinajstić information content (AvgIpc) is 2.55. The highest BCUT2D eigenvalue weighted by Crippen LogP contribution is 2.20. The highest BCUT2D eigenvalue weighted by Gasteiger charge is 2.13. The molecule has 0 heterocycles. The van der Waals surface area contributed by atoms with Crippen LogP contribution in [0.25, 0.3) is 6.08 Å². The Kier molecular flexibility index (Phi) is 5.25. The van der Waals surface area contributed by atoms with Crippen molar-refractivity contribution in [1.82, 2.24) is 0 Å². The van der Waals surface area contributed by atoms with Gasteiger partial charge in [0.2, 0.25) is 0 Å². The molecule has 1 amide bonds. The van der Waals surface area contributed by atoms with Crippen molar-refractivity contribution in [1.29, 1.82) is 0 Å². The van der Waals surface area contributed by atoms with Gasteiger partial charge in [0.05, 0.1) is 4.92 Å². The summed E-state index contributed by atoms with van der Waals surface area (Å²) < 4.78 is 0. The van der Waals surface area contributed by atoms with Crippen molar-refractivity contribution in [3.63, 3.8) is 0 Å². The minimum Gasteiger partial charge on any atom is -0.309 e. The summed E-state index contributed by atoms with van der Waals surface area (Å²) in [7, 11) is 0. The first-order valence-corrected chi connectivity index (χ1v) is 7.32. The molecule has 2 aromatic carbocycles. The molecule has 0 aromatic heterocycles. The van der Waals surface area contributed by atoms with E-state index in [1.807, 2.05) is 38.1 Å². The van der Waals surface area contributed by atoms with Crippen LogP contribution >= 0.6 is 0 Å². The van der Waals surface area contributed by atoms with E-state index < -0.39 is 4.92 Å². The molecule has 2 aromatic rings. The largest absolute Gasteiger partial charge is 0.309 e. The number of amides is 1. The number of carbonyl (C=O) groups excluding carboxylic acids is 1. The monoisotopic (exact) mass is 310 g/mol. The lowest BCUT2D eigenvalue weighted by Gasteiger charge is -2.21. The van der Waals surface area contributed by atoms with E-state index in [-0.39, 0.29) is 11.6 Å². The summed E-state index contributed by atoms with van der Waals surface area (Å²) in [6.07, 6.45) is 3.03. The maximum absolute atomic E-state index is 12.4. The minimum atomic E-state index is -0.454. The molecular weight excluding hydrogens is 292 g/mol. The van der Waals surface area contributed by atoms with Crippen molar-refractivity contribution in [3.05, 3.63) is 75.8 Å². The van der Waals surface area contributed by atoms with Gasteiger partial charge < -0.3 is 4.90 Å². The third kappa shape index (κ3) is 4.03. The molecule has 5 heteroatoms. The van der Waals surface area contributed by atoms with Crippen LogP contribution < -0.4 is 4.90 Å². The molecule has 0 N–H and O–H groups in total. The van der Waals surface area contributed by atoms with Gasteiger partial charge in [0.25, 0.3) is 11.6 Å². The summed E-state index contributed by atoms with van der Waals surface area (Å²) in [5.41, 5.74) is 2.51. The summed E-state index contributed by atoms with van der Waals surface area (Å²) in [6.45, 7) is 4.41. The first kappa shape index (κ1) is 16.4. The molecule has 5 nitrogen and oxygen atoms in total. The second-order valence-corrected chi connectivity index (χ2v) is 5.05. The van der Waals surface area contributed by atoms with Crippen molar-refractivity contribution in [2.24, 2.45) is 0 Å². The van der Waals surface area contributed by atoms with E-state index in [2.05, 4.69) is 0 Å².